The van der Waals surface area contributed by atoms with Crippen LogP contribution in [0.4, 0.5) is 5.13 Å². The first kappa shape index (κ1) is 24.3. The minimum atomic E-state index is -0.923. The first-order chi connectivity index (χ1) is 17.9. The van der Waals surface area contributed by atoms with Crippen molar-refractivity contribution in [2.45, 2.75) is 13.0 Å². The highest BCUT2D eigenvalue weighted by Crippen LogP contribution is 2.45. The lowest BCUT2D eigenvalue weighted by atomic mass is 9.95. The van der Waals surface area contributed by atoms with Gasteiger partial charge in [0.2, 0.25) is 0 Å². The quantitative estimate of drug-likeness (QED) is 0.201. The van der Waals surface area contributed by atoms with Gasteiger partial charge in [0.1, 0.15) is 23.0 Å². The van der Waals surface area contributed by atoms with Crippen molar-refractivity contribution in [3.8, 4) is 17.2 Å². The Labute approximate surface area is 217 Å². The Hall–Kier alpha value is -4.37. The summed E-state index contributed by atoms with van der Waals surface area (Å²) < 4.78 is 17.1. The Morgan fingerprint density at radius 3 is 2.46 bits per heavy atom. The van der Waals surface area contributed by atoms with E-state index in [-0.39, 0.29) is 11.3 Å². The fraction of sp³-hybridized carbons (Fsp3) is 0.179. The molecule has 0 bridgehead atoms. The van der Waals surface area contributed by atoms with Gasteiger partial charge in [-0.05, 0) is 55.0 Å². The molecular formula is C28H24N2O6S. The molecule has 37 heavy (non-hydrogen) atoms. The van der Waals surface area contributed by atoms with Crippen LogP contribution in [-0.4, -0.2) is 42.6 Å². The fourth-order valence-electron chi connectivity index (χ4n) is 4.33. The van der Waals surface area contributed by atoms with Crippen molar-refractivity contribution in [2.75, 3.05) is 25.7 Å². The average Bonchev–Trinajstić information content (AvgIpc) is 3.46. The number of fused-ring (bicyclic) bond motifs is 1. The van der Waals surface area contributed by atoms with Crippen LogP contribution in [0, 0.1) is 0 Å². The van der Waals surface area contributed by atoms with E-state index in [1.54, 1.807) is 67.8 Å². The normalized spacial score (nSPS) is 16.8. The maximum atomic E-state index is 13.5. The molecule has 1 aliphatic rings. The van der Waals surface area contributed by atoms with Crippen LogP contribution in [0.25, 0.3) is 16.0 Å². The molecular weight excluding hydrogens is 492 g/mol. The second-order valence-corrected chi connectivity index (χ2v) is 9.25. The number of rotatable bonds is 7. The third-order valence-electron chi connectivity index (χ3n) is 6.06. The van der Waals surface area contributed by atoms with E-state index in [0.717, 1.165) is 4.70 Å². The van der Waals surface area contributed by atoms with E-state index in [2.05, 4.69) is 4.98 Å². The number of benzene rings is 3. The molecule has 1 amide bonds. The van der Waals surface area contributed by atoms with Crippen LogP contribution in [0.1, 0.15) is 24.1 Å². The minimum Gasteiger partial charge on any atom is -0.507 e. The largest absolute Gasteiger partial charge is 0.507 e. The minimum absolute atomic E-state index is 0.0382. The molecule has 9 heteroatoms. The molecule has 0 radical (unpaired) electrons. The molecule has 1 aliphatic heterocycles. The second-order valence-electron chi connectivity index (χ2n) is 8.24. The van der Waals surface area contributed by atoms with Crippen LogP contribution >= 0.6 is 11.3 Å². The first-order valence-electron chi connectivity index (χ1n) is 11.6. The molecule has 1 saturated heterocycles. The summed E-state index contributed by atoms with van der Waals surface area (Å²) in [6.45, 7) is 2.30. The van der Waals surface area contributed by atoms with Crippen molar-refractivity contribution in [1.29, 1.82) is 0 Å². The van der Waals surface area contributed by atoms with E-state index >= 15 is 0 Å². The van der Waals surface area contributed by atoms with Gasteiger partial charge in [-0.15, -0.1) is 0 Å². The van der Waals surface area contributed by atoms with Crippen molar-refractivity contribution in [3.63, 3.8) is 0 Å². The van der Waals surface area contributed by atoms with Crippen LogP contribution < -0.4 is 19.1 Å². The third kappa shape index (κ3) is 4.38. The van der Waals surface area contributed by atoms with Crippen LogP contribution in [0.2, 0.25) is 0 Å². The Kier molecular flexibility index (Phi) is 6.54. The third-order valence-corrected chi connectivity index (χ3v) is 7.08. The van der Waals surface area contributed by atoms with Gasteiger partial charge in [0.15, 0.2) is 5.13 Å². The summed E-state index contributed by atoms with van der Waals surface area (Å²) in [5.41, 5.74) is 1.59. The number of hydrogen-bond acceptors (Lipinski definition) is 8. The van der Waals surface area contributed by atoms with Crippen molar-refractivity contribution >= 4 is 44.1 Å². The molecule has 1 aromatic heterocycles. The fourth-order valence-corrected chi connectivity index (χ4v) is 5.36. The molecule has 0 aliphatic carbocycles. The molecule has 5 rings (SSSR count). The Morgan fingerprint density at radius 2 is 1.70 bits per heavy atom. The molecule has 1 N–H and O–H groups in total. The summed E-state index contributed by atoms with van der Waals surface area (Å²) in [7, 11) is 3.11. The number of ether oxygens (including phenoxy) is 3. The topological polar surface area (TPSA) is 98.2 Å². The number of Topliss-reactive ketones (excluding diaryl/α,β-unsaturated/α-hetero) is 1. The number of nitrogens with zero attached hydrogens (tertiary/aromatic N) is 2. The first-order valence-corrected chi connectivity index (χ1v) is 12.4. The predicted octanol–water partition coefficient (Wildman–Crippen LogP) is 5.34. The molecule has 1 unspecified atom stereocenters. The van der Waals surface area contributed by atoms with E-state index in [9.17, 15) is 14.7 Å². The van der Waals surface area contributed by atoms with Gasteiger partial charge in [-0.2, -0.15) is 0 Å². The lowest BCUT2D eigenvalue weighted by molar-refractivity contribution is -0.132. The highest BCUT2D eigenvalue weighted by Gasteiger charge is 2.48. The molecule has 8 nitrogen and oxygen atoms in total. The molecule has 0 spiro atoms. The molecule has 4 aromatic rings. The maximum Gasteiger partial charge on any atom is 0.301 e. The molecule has 1 fully saturated rings. The van der Waals surface area contributed by atoms with E-state index in [4.69, 9.17) is 14.2 Å². The zero-order valence-corrected chi connectivity index (χ0v) is 21.2. The number of aliphatic hydroxyl groups is 1. The van der Waals surface area contributed by atoms with Crippen LogP contribution in [0.5, 0.6) is 17.2 Å². The molecule has 2 heterocycles. The van der Waals surface area contributed by atoms with E-state index in [0.29, 0.717) is 45.6 Å². The van der Waals surface area contributed by atoms with E-state index in [1.165, 1.54) is 23.3 Å². The summed E-state index contributed by atoms with van der Waals surface area (Å²) >= 11 is 1.26. The van der Waals surface area contributed by atoms with Gasteiger partial charge >= 0.3 is 5.91 Å². The highest BCUT2D eigenvalue weighted by atomic mass is 32.1. The van der Waals surface area contributed by atoms with Crippen molar-refractivity contribution < 1.29 is 28.9 Å². The number of aromatic nitrogens is 1. The van der Waals surface area contributed by atoms with Crippen LogP contribution in [0.3, 0.4) is 0 Å². The number of anilines is 1. The summed E-state index contributed by atoms with van der Waals surface area (Å²) in [6.07, 6.45) is 0. The predicted molar refractivity (Wildman–Crippen MR) is 142 cm³/mol. The van der Waals surface area contributed by atoms with Crippen LogP contribution in [-0.2, 0) is 9.59 Å². The monoisotopic (exact) mass is 516 g/mol. The summed E-state index contributed by atoms with van der Waals surface area (Å²) in [5, 5.41) is 11.7. The Bertz CT molecular complexity index is 1540. The zero-order chi connectivity index (χ0) is 26.1. The molecule has 0 saturated carbocycles. The lowest BCUT2D eigenvalue weighted by Gasteiger charge is -2.23. The number of hydrogen-bond donors (Lipinski definition) is 1. The lowest BCUT2D eigenvalue weighted by Crippen LogP contribution is -2.29. The summed E-state index contributed by atoms with van der Waals surface area (Å²) in [6, 6.07) is 18.3. The van der Waals surface area contributed by atoms with E-state index < -0.39 is 17.7 Å². The standard InChI is InChI=1S/C28H24N2O6S/c1-4-36-20-10-6-8-17(14-20)25(31)23-24(16-7-5-9-18(13-16)34-2)30(27(33)26(23)32)28-29-21-12-11-19(35-3)15-22(21)37-28/h5-15,24,31H,4H2,1-3H3/b25-23+. The van der Waals surface area contributed by atoms with Gasteiger partial charge in [0.05, 0.1) is 42.7 Å². The van der Waals surface area contributed by atoms with Gasteiger partial charge in [-0.1, -0.05) is 35.6 Å². The summed E-state index contributed by atoms with van der Waals surface area (Å²) in [4.78, 5) is 32.9. The number of carbonyl (C=O) groups excluding carboxylic acids is 2. The van der Waals surface area contributed by atoms with Crippen molar-refractivity contribution in [1.82, 2.24) is 4.98 Å². The van der Waals surface area contributed by atoms with Gasteiger partial charge in [-0.3, -0.25) is 14.5 Å². The van der Waals surface area contributed by atoms with Crippen LogP contribution in [0.15, 0.2) is 72.3 Å². The highest BCUT2D eigenvalue weighted by molar-refractivity contribution is 7.22. The second kappa shape index (κ2) is 9.94. The number of carbonyl (C=O) groups is 2. The van der Waals surface area contributed by atoms with Gasteiger partial charge < -0.3 is 19.3 Å². The zero-order valence-electron chi connectivity index (χ0n) is 20.4. The summed E-state index contributed by atoms with van der Waals surface area (Å²) in [5.74, 6) is -0.124. The van der Waals surface area contributed by atoms with Gasteiger partial charge in [0.25, 0.3) is 5.78 Å². The number of methoxy groups -OCH3 is 2. The number of ketones is 1. The number of aliphatic hydroxyl groups excluding tert-OH is 1. The molecule has 3 aromatic carbocycles. The van der Waals surface area contributed by atoms with Crippen molar-refractivity contribution in [2.24, 2.45) is 0 Å². The number of thiazole rings is 1. The molecule has 188 valence electrons. The molecule has 1 atom stereocenters. The SMILES string of the molecule is CCOc1cccc(/C(O)=C2\C(=O)C(=O)N(c3nc4ccc(OC)cc4s3)C2c2cccc(OC)c2)c1. The van der Waals surface area contributed by atoms with E-state index in [1.807, 2.05) is 13.0 Å². The maximum absolute atomic E-state index is 13.5. The van der Waals surface area contributed by atoms with Gasteiger partial charge in [-0.25, -0.2) is 4.98 Å². The Morgan fingerprint density at radius 1 is 0.973 bits per heavy atom. The average molecular weight is 517 g/mol. The smallest absolute Gasteiger partial charge is 0.301 e. The Balaban J connectivity index is 1.71. The van der Waals surface area contributed by atoms with Crippen molar-refractivity contribution in [3.05, 3.63) is 83.4 Å². The van der Waals surface area contributed by atoms with Gasteiger partial charge in [0, 0.05) is 5.56 Å². The number of amides is 1.